The van der Waals surface area contributed by atoms with Crippen molar-refractivity contribution in [2.24, 2.45) is 0 Å². The van der Waals surface area contributed by atoms with Crippen LogP contribution in [0.4, 0.5) is 0 Å². The Morgan fingerprint density at radius 2 is 2.24 bits per heavy atom. The molecule has 0 aliphatic heterocycles. The number of rotatable bonds is 5. The van der Waals surface area contributed by atoms with Gasteiger partial charge in [-0.05, 0) is 53.2 Å². The summed E-state index contributed by atoms with van der Waals surface area (Å²) < 4.78 is 7.08. The number of ether oxygens (including phenoxy) is 1. The van der Waals surface area contributed by atoms with E-state index in [9.17, 15) is 4.79 Å². The van der Waals surface area contributed by atoms with E-state index in [1.807, 2.05) is 13.0 Å². The van der Waals surface area contributed by atoms with E-state index in [0.29, 0.717) is 11.3 Å². The van der Waals surface area contributed by atoms with Gasteiger partial charge in [0.05, 0.1) is 23.4 Å². The van der Waals surface area contributed by atoms with Gasteiger partial charge in [0, 0.05) is 6.20 Å². The first-order valence-electron chi connectivity index (χ1n) is 7.58. The molecule has 0 spiro atoms. The topological polar surface area (TPSA) is 82.8 Å². The number of carbonyl (C=O) groups is 1. The Bertz CT molecular complexity index is 901. The van der Waals surface area contributed by atoms with E-state index in [0.717, 1.165) is 11.3 Å². The van der Waals surface area contributed by atoms with E-state index in [-0.39, 0.29) is 6.42 Å². The lowest BCUT2D eigenvalue weighted by Crippen LogP contribution is -2.13. The van der Waals surface area contributed by atoms with Crippen LogP contribution in [0.15, 0.2) is 48.9 Å². The molecule has 1 atom stereocenters. The van der Waals surface area contributed by atoms with Gasteiger partial charge in [0.1, 0.15) is 6.33 Å². The van der Waals surface area contributed by atoms with Crippen LogP contribution in [-0.4, -0.2) is 31.2 Å². The van der Waals surface area contributed by atoms with Crippen LogP contribution in [0.1, 0.15) is 34.1 Å². The molecule has 0 amide bonds. The Balaban J connectivity index is 1.80. The second kappa shape index (κ2) is 7.36. The molecule has 2 heterocycles. The first kappa shape index (κ1) is 16.3. The third kappa shape index (κ3) is 3.70. The third-order valence-electron chi connectivity index (χ3n) is 3.60. The second-order valence-corrected chi connectivity index (χ2v) is 5.31. The Morgan fingerprint density at radius 3 is 2.88 bits per heavy atom. The molecule has 25 heavy (non-hydrogen) atoms. The molecule has 2 aromatic heterocycles. The summed E-state index contributed by atoms with van der Waals surface area (Å²) >= 11 is 0. The van der Waals surface area contributed by atoms with Gasteiger partial charge in [-0.3, -0.25) is 4.98 Å². The van der Waals surface area contributed by atoms with Gasteiger partial charge in [-0.2, -0.15) is 0 Å². The maximum absolute atomic E-state index is 12.5. The van der Waals surface area contributed by atoms with Crippen molar-refractivity contribution in [3.05, 3.63) is 65.7 Å². The number of benzene rings is 1. The molecule has 0 saturated carbocycles. The Labute approximate surface area is 144 Å². The Hall–Kier alpha value is -3.53. The zero-order valence-electron chi connectivity index (χ0n) is 13.5. The van der Waals surface area contributed by atoms with Crippen molar-refractivity contribution in [1.29, 1.82) is 0 Å². The van der Waals surface area contributed by atoms with E-state index in [2.05, 4.69) is 26.4 Å². The molecule has 3 aromatic rings. The molecule has 0 bridgehead atoms. The lowest BCUT2D eigenvalue weighted by atomic mass is 10.1. The minimum absolute atomic E-state index is 0.254. The predicted molar refractivity (Wildman–Crippen MR) is 89.7 cm³/mol. The van der Waals surface area contributed by atoms with Gasteiger partial charge in [0.25, 0.3) is 0 Å². The van der Waals surface area contributed by atoms with Crippen molar-refractivity contribution in [2.75, 3.05) is 0 Å². The molecule has 0 aliphatic carbocycles. The monoisotopic (exact) mass is 333 g/mol. The van der Waals surface area contributed by atoms with Gasteiger partial charge in [-0.1, -0.05) is 6.07 Å². The highest BCUT2D eigenvalue weighted by atomic mass is 16.5. The SMILES string of the molecule is C#CC[C@@H](OC(=O)c1ccc(-n2cnnn2)c(C)c1)c1ccccn1. The molecule has 0 fully saturated rings. The zero-order chi connectivity index (χ0) is 17.6. The van der Waals surface area contributed by atoms with Gasteiger partial charge in [0.15, 0.2) is 6.10 Å². The molecule has 0 unspecified atom stereocenters. The quantitative estimate of drug-likeness (QED) is 0.526. The van der Waals surface area contributed by atoms with Crippen molar-refractivity contribution in [2.45, 2.75) is 19.4 Å². The summed E-state index contributed by atoms with van der Waals surface area (Å²) in [5.41, 5.74) is 2.67. The molecule has 3 rings (SSSR count). The summed E-state index contributed by atoms with van der Waals surface area (Å²) in [6.07, 6.45) is 8.19. The maximum atomic E-state index is 12.5. The molecule has 0 saturated heterocycles. The average molecular weight is 333 g/mol. The van der Waals surface area contributed by atoms with Crippen LogP contribution in [0, 0.1) is 19.3 Å². The van der Waals surface area contributed by atoms with Crippen LogP contribution in [0.5, 0.6) is 0 Å². The summed E-state index contributed by atoms with van der Waals surface area (Å²) in [5, 5.41) is 11.1. The number of esters is 1. The number of aryl methyl sites for hydroxylation is 1. The molecule has 0 N–H and O–H groups in total. The number of hydrogen-bond donors (Lipinski definition) is 0. The number of pyridine rings is 1. The number of hydrogen-bond acceptors (Lipinski definition) is 6. The van der Waals surface area contributed by atoms with Gasteiger partial charge >= 0.3 is 5.97 Å². The fourth-order valence-corrected chi connectivity index (χ4v) is 2.39. The first-order valence-corrected chi connectivity index (χ1v) is 7.58. The lowest BCUT2D eigenvalue weighted by molar-refractivity contribution is 0.0298. The van der Waals surface area contributed by atoms with E-state index < -0.39 is 12.1 Å². The van der Waals surface area contributed by atoms with Crippen molar-refractivity contribution in [3.63, 3.8) is 0 Å². The van der Waals surface area contributed by atoms with Crippen LogP contribution < -0.4 is 0 Å². The Kier molecular flexibility index (Phi) is 4.81. The van der Waals surface area contributed by atoms with Crippen LogP contribution >= 0.6 is 0 Å². The van der Waals surface area contributed by atoms with Crippen LogP contribution in [0.2, 0.25) is 0 Å². The van der Waals surface area contributed by atoms with Gasteiger partial charge < -0.3 is 4.74 Å². The molecular weight excluding hydrogens is 318 g/mol. The van der Waals surface area contributed by atoms with Gasteiger partial charge in [-0.25, -0.2) is 9.48 Å². The van der Waals surface area contributed by atoms with Crippen LogP contribution in [0.3, 0.4) is 0 Å². The van der Waals surface area contributed by atoms with Crippen molar-refractivity contribution < 1.29 is 9.53 Å². The minimum Gasteiger partial charge on any atom is -0.451 e. The van der Waals surface area contributed by atoms with Crippen LogP contribution in [0.25, 0.3) is 5.69 Å². The lowest BCUT2D eigenvalue weighted by Gasteiger charge is -2.15. The molecule has 0 radical (unpaired) electrons. The van der Waals surface area contributed by atoms with Crippen molar-refractivity contribution in [3.8, 4) is 18.0 Å². The average Bonchev–Trinajstić information content (AvgIpc) is 3.16. The fourth-order valence-electron chi connectivity index (χ4n) is 2.39. The summed E-state index contributed by atoms with van der Waals surface area (Å²) in [6.45, 7) is 1.87. The Morgan fingerprint density at radius 1 is 1.36 bits per heavy atom. The predicted octanol–water partition coefficient (Wildman–Crippen LogP) is 2.29. The van der Waals surface area contributed by atoms with Crippen LogP contribution in [-0.2, 0) is 4.74 Å². The second-order valence-electron chi connectivity index (χ2n) is 5.31. The smallest absolute Gasteiger partial charge is 0.338 e. The summed E-state index contributed by atoms with van der Waals surface area (Å²) in [5.74, 6) is 2.06. The zero-order valence-corrected chi connectivity index (χ0v) is 13.5. The number of nitrogens with zero attached hydrogens (tertiary/aromatic N) is 5. The fraction of sp³-hybridized carbons (Fsp3) is 0.167. The standard InChI is InChI=1S/C18H15N5O2/c1-3-6-17(15-7-4-5-10-19-15)25-18(24)14-8-9-16(13(2)11-14)23-12-20-21-22-23/h1,4-5,7-12,17H,6H2,2H3/t17-/m1/s1. The molecule has 7 nitrogen and oxygen atoms in total. The summed E-state index contributed by atoms with van der Waals surface area (Å²) in [6, 6.07) is 10.5. The van der Waals surface area contributed by atoms with E-state index in [4.69, 9.17) is 11.2 Å². The normalized spacial score (nSPS) is 11.5. The van der Waals surface area contributed by atoms with Gasteiger partial charge in [-0.15, -0.1) is 17.4 Å². The molecule has 124 valence electrons. The van der Waals surface area contributed by atoms with E-state index in [1.54, 1.807) is 36.5 Å². The number of tetrazole rings is 1. The van der Waals surface area contributed by atoms with Crippen molar-refractivity contribution in [1.82, 2.24) is 25.2 Å². The van der Waals surface area contributed by atoms with Gasteiger partial charge in [0.2, 0.25) is 0 Å². The maximum Gasteiger partial charge on any atom is 0.338 e. The molecule has 1 aromatic carbocycles. The number of aromatic nitrogens is 5. The molecular formula is C18H15N5O2. The summed E-state index contributed by atoms with van der Waals surface area (Å²) in [4.78, 5) is 16.7. The van der Waals surface area contributed by atoms with E-state index in [1.165, 1.54) is 11.0 Å². The largest absolute Gasteiger partial charge is 0.451 e. The summed E-state index contributed by atoms with van der Waals surface area (Å²) in [7, 11) is 0. The van der Waals surface area contributed by atoms with E-state index >= 15 is 0 Å². The number of carbonyl (C=O) groups excluding carboxylic acids is 1. The highest BCUT2D eigenvalue weighted by molar-refractivity contribution is 5.90. The first-order chi connectivity index (χ1) is 12.2. The minimum atomic E-state index is -0.585. The highest BCUT2D eigenvalue weighted by Gasteiger charge is 2.19. The molecule has 0 aliphatic rings. The third-order valence-corrected chi connectivity index (χ3v) is 3.60. The number of terminal acetylenes is 1. The van der Waals surface area contributed by atoms with Crippen molar-refractivity contribution >= 4 is 5.97 Å². The molecule has 7 heteroatoms. The highest BCUT2D eigenvalue weighted by Crippen LogP contribution is 2.22.